The van der Waals surface area contributed by atoms with Crippen molar-refractivity contribution < 1.29 is 22.8 Å². The van der Waals surface area contributed by atoms with Crippen LogP contribution in [-0.4, -0.2) is 11.6 Å². The van der Waals surface area contributed by atoms with Gasteiger partial charge in [-0.15, -0.1) is 0 Å². The highest BCUT2D eigenvalue weighted by molar-refractivity contribution is 6.26. The molecule has 0 heterocycles. The van der Waals surface area contributed by atoms with Crippen LogP contribution in [0.5, 0.6) is 0 Å². The fraction of sp³-hybridized carbons (Fsp3) is 0.286. The average molecular weight is 270 g/mol. The number of rotatable bonds is 3. The lowest BCUT2D eigenvalue weighted by molar-refractivity contribution is -0.137. The number of carbonyl (C=O) groups excluding carboxylic acids is 2. The summed E-state index contributed by atoms with van der Waals surface area (Å²) in [5.74, 6) is -1.15. The molecule has 0 aliphatic heterocycles. The number of hydrogen-bond donors (Lipinski definition) is 0. The lowest BCUT2D eigenvalue weighted by atomic mass is 9.95. The van der Waals surface area contributed by atoms with Crippen LogP contribution in [0.3, 0.4) is 0 Å². The molecule has 0 aliphatic carbocycles. The molecule has 0 radical (unpaired) electrons. The molecule has 0 saturated heterocycles. The molecule has 0 spiro atoms. The first-order valence-electron chi connectivity index (χ1n) is 5.58. The second kappa shape index (κ2) is 5.38. The van der Waals surface area contributed by atoms with E-state index < -0.39 is 23.3 Å². The number of carbonyl (C=O) groups is 2. The Morgan fingerprint density at radius 2 is 1.79 bits per heavy atom. The maximum Gasteiger partial charge on any atom is 0.416 e. The van der Waals surface area contributed by atoms with Crippen LogP contribution in [-0.2, 0) is 11.0 Å². The Bertz CT molecular complexity index is 554. The Kier molecular flexibility index (Phi) is 4.29. The number of halogens is 3. The maximum atomic E-state index is 12.6. The van der Waals surface area contributed by atoms with Gasteiger partial charge in [-0.3, -0.25) is 9.59 Å². The van der Waals surface area contributed by atoms with Crippen molar-refractivity contribution in [2.75, 3.05) is 0 Å². The second-order valence-electron chi connectivity index (χ2n) is 4.12. The van der Waals surface area contributed by atoms with E-state index in [2.05, 4.69) is 0 Å². The third kappa shape index (κ3) is 3.30. The topological polar surface area (TPSA) is 34.1 Å². The molecule has 0 saturated carbocycles. The summed E-state index contributed by atoms with van der Waals surface area (Å²) in [7, 11) is 0. The van der Waals surface area contributed by atoms with E-state index in [4.69, 9.17) is 0 Å². The van der Waals surface area contributed by atoms with Crippen LogP contribution in [0.4, 0.5) is 13.2 Å². The summed E-state index contributed by atoms with van der Waals surface area (Å²) in [5.41, 5.74) is -0.709. The molecule has 0 aliphatic rings. The van der Waals surface area contributed by atoms with Gasteiger partial charge in [-0.25, -0.2) is 0 Å². The third-order valence-electron chi connectivity index (χ3n) is 2.72. The zero-order valence-electron chi connectivity index (χ0n) is 10.8. The van der Waals surface area contributed by atoms with Gasteiger partial charge >= 0.3 is 6.18 Å². The lowest BCUT2D eigenvalue weighted by Crippen LogP contribution is -2.14. The lowest BCUT2D eigenvalue weighted by Gasteiger charge is -2.11. The number of hydrogen-bond acceptors (Lipinski definition) is 2. The zero-order chi connectivity index (χ0) is 14.8. The molecule has 1 rings (SSSR count). The van der Waals surface area contributed by atoms with E-state index in [1.54, 1.807) is 0 Å². The summed E-state index contributed by atoms with van der Waals surface area (Å²) < 4.78 is 37.8. The van der Waals surface area contributed by atoms with Gasteiger partial charge in [0.05, 0.1) is 11.1 Å². The summed E-state index contributed by atoms with van der Waals surface area (Å²) in [6.45, 7) is 4.23. The van der Waals surface area contributed by atoms with Gasteiger partial charge in [0.15, 0.2) is 11.6 Å². The molecule has 0 atom stereocenters. The van der Waals surface area contributed by atoms with E-state index >= 15 is 0 Å². The highest BCUT2D eigenvalue weighted by Gasteiger charge is 2.31. The van der Waals surface area contributed by atoms with E-state index in [0.29, 0.717) is 5.56 Å². The monoisotopic (exact) mass is 270 g/mol. The van der Waals surface area contributed by atoms with Crippen LogP contribution in [0.15, 0.2) is 29.8 Å². The number of benzene rings is 1. The van der Waals surface area contributed by atoms with Gasteiger partial charge in [-0.1, -0.05) is 12.1 Å². The molecule has 0 fully saturated rings. The van der Waals surface area contributed by atoms with Crippen molar-refractivity contribution in [3.8, 4) is 0 Å². The Labute approximate surface area is 108 Å². The summed E-state index contributed by atoms with van der Waals surface area (Å²) >= 11 is 0. The van der Waals surface area contributed by atoms with Crippen molar-refractivity contribution >= 4 is 11.6 Å². The quantitative estimate of drug-likeness (QED) is 0.363. The first-order valence-corrected chi connectivity index (χ1v) is 5.58. The van der Waals surface area contributed by atoms with E-state index in [1.165, 1.54) is 32.9 Å². The standard InChI is InChI=1S/C14H13F3O2/c1-4-11(9(3)18)13(19)12-7-10(14(15,16)17)6-5-8(12)2/h4-7H,1-3H3/b11-4+. The number of Topliss-reactive ketones (excluding diaryl/α,β-unsaturated/α-hetero) is 2. The van der Waals surface area contributed by atoms with E-state index in [9.17, 15) is 22.8 Å². The van der Waals surface area contributed by atoms with Gasteiger partial charge in [0.25, 0.3) is 0 Å². The van der Waals surface area contributed by atoms with E-state index in [1.807, 2.05) is 0 Å². The van der Waals surface area contributed by atoms with Crippen molar-refractivity contribution in [1.29, 1.82) is 0 Å². The smallest absolute Gasteiger partial charge is 0.294 e. The van der Waals surface area contributed by atoms with Crippen molar-refractivity contribution in [1.82, 2.24) is 0 Å². The van der Waals surface area contributed by atoms with E-state index in [0.717, 1.165) is 12.1 Å². The van der Waals surface area contributed by atoms with Crippen molar-refractivity contribution in [3.05, 3.63) is 46.5 Å². The molecule has 1 aromatic carbocycles. The van der Waals surface area contributed by atoms with Crippen LogP contribution in [0, 0.1) is 6.92 Å². The number of aryl methyl sites for hydroxylation is 1. The molecular weight excluding hydrogens is 257 g/mol. The van der Waals surface area contributed by atoms with Crippen LogP contribution in [0.2, 0.25) is 0 Å². The summed E-state index contributed by atoms with van der Waals surface area (Å²) in [5, 5.41) is 0. The molecular formula is C14H13F3O2. The number of alkyl halides is 3. The molecule has 1 aromatic rings. The molecule has 0 amide bonds. The molecule has 0 N–H and O–H groups in total. The fourth-order valence-corrected chi connectivity index (χ4v) is 1.68. The normalized spacial score (nSPS) is 12.4. The maximum absolute atomic E-state index is 12.6. The van der Waals surface area contributed by atoms with Gasteiger partial charge in [0, 0.05) is 5.56 Å². The SMILES string of the molecule is C/C=C(\C(C)=O)C(=O)c1cc(C(F)(F)F)ccc1C. The Balaban J connectivity index is 3.35. The van der Waals surface area contributed by atoms with Crippen molar-refractivity contribution in [2.24, 2.45) is 0 Å². The van der Waals surface area contributed by atoms with Crippen LogP contribution in [0.1, 0.15) is 35.3 Å². The van der Waals surface area contributed by atoms with Gasteiger partial charge in [0.1, 0.15) is 0 Å². The number of ketones is 2. The molecule has 0 unspecified atom stereocenters. The molecule has 5 heteroatoms. The zero-order valence-corrected chi connectivity index (χ0v) is 10.8. The molecule has 19 heavy (non-hydrogen) atoms. The predicted molar refractivity (Wildman–Crippen MR) is 64.9 cm³/mol. The van der Waals surface area contributed by atoms with Crippen molar-refractivity contribution in [3.63, 3.8) is 0 Å². The summed E-state index contributed by atoms with van der Waals surface area (Å²) in [4.78, 5) is 23.3. The fourth-order valence-electron chi connectivity index (χ4n) is 1.68. The molecule has 0 bridgehead atoms. The minimum Gasteiger partial charge on any atom is -0.294 e. The Morgan fingerprint density at radius 3 is 2.21 bits per heavy atom. The van der Waals surface area contributed by atoms with Gasteiger partial charge in [0.2, 0.25) is 0 Å². The summed E-state index contributed by atoms with van der Waals surface area (Å²) in [6.07, 6.45) is -3.21. The minimum absolute atomic E-state index is 0.0990. The van der Waals surface area contributed by atoms with Crippen LogP contribution < -0.4 is 0 Å². The Morgan fingerprint density at radius 1 is 1.21 bits per heavy atom. The third-order valence-corrected chi connectivity index (χ3v) is 2.72. The van der Waals surface area contributed by atoms with Gasteiger partial charge in [-0.2, -0.15) is 13.2 Å². The highest BCUT2D eigenvalue weighted by atomic mass is 19.4. The summed E-state index contributed by atoms with van der Waals surface area (Å²) in [6, 6.07) is 2.92. The van der Waals surface area contributed by atoms with Crippen LogP contribution in [0.25, 0.3) is 0 Å². The minimum atomic E-state index is -4.52. The van der Waals surface area contributed by atoms with Crippen molar-refractivity contribution in [2.45, 2.75) is 26.9 Å². The average Bonchev–Trinajstić information content (AvgIpc) is 2.28. The molecule has 2 nitrogen and oxygen atoms in total. The van der Waals surface area contributed by atoms with Crippen LogP contribution >= 0.6 is 0 Å². The highest BCUT2D eigenvalue weighted by Crippen LogP contribution is 2.31. The van der Waals surface area contributed by atoms with Gasteiger partial charge in [-0.05, 0) is 38.5 Å². The Hall–Kier alpha value is -1.91. The molecule has 0 aromatic heterocycles. The molecule has 102 valence electrons. The largest absolute Gasteiger partial charge is 0.416 e. The number of allylic oxidation sites excluding steroid dienone is 2. The first kappa shape index (κ1) is 15.1. The van der Waals surface area contributed by atoms with E-state index in [-0.39, 0.29) is 11.1 Å². The predicted octanol–water partition coefficient (Wildman–Crippen LogP) is 3.73. The first-order chi connectivity index (χ1) is 8.68. The second-order valence-corrected chi connectivity index (χ2v) is 4.12. The van der Waals surface area contributed by atoms with Gasteiger partial charge < -0.3 is 0 Å².